The van der Waals surface area contributed by atoms with Crippen LogP contribution in [0.15, 0.2) is 108 Å². The van der Waals surface area contributed by atoms with Gasteiger partial charge in [-0.05, 0) is 287 Å². The monoisotopic (exact) mass is 1740 g/mol. The normalized spacial score (nSPS) is 9.30. The molecule has 0 amide bonds. The molecule has 32 nitrogen and oxygen atoms in total. The van der Waals surface area contributed by atoms with E-state index < -0.39 is 0 Å². The first kappa shape index (κ1) is 129. The van der Waals surface area contributed by atoms with Gasteiger partial charge in [0.25, 0.3) is 0 Å². The number of fused-ring (bicyclic) bond motifs is 5. The third-order valence-corrected chi connectivity index (χ3v) is 11.1. The summed E-state index contributed by atoms with van der Waals surface area (Å²) in [6.07, 6.45) is 4.22. The second-order valence-corrected chi connectivity index (χ2v) is 22.7. The van der Waals surface area contributed by atoms with Crippen LogP contribution in [0.4, 0.5) is 0 Å². The Labute approximate surface area is 686 Å². The van der Waals surface area contributed by atoms with E-state index in [1.54, 1.807) is 0 Å². The smallest absolute Gasteiger partial charge is 0.876 e. The van der Waals surface area contributed by atoms with E-state index in [0.717, 1.165) is 79.5 Å². The molecule has 10 aromatic rings. The van der Waals surface area contributed by atoms with E-state index in [0.29, 0.717) is 0 Å². The molecule has 0 aliphatic rings. The maximum absolute atomic E-state index is 9.98. The third-order valence-electron chi connectivity index (χ3n) is 11.1. The van der Waals surface area contributed by atoms with Crippen molar-refractivity contribution >= 4 is 101 Å². The Morgan fingerprint density at radius 1 is 0.248 bits per heavy atom. The van der Waals surface area contributed by atoms with Gasteiger partial charge in [-0.3, -0.25) is 45.2 Å². The Morgan fingerprint density at radius 3 is 0.431 bits per heavy atom. The predicted molar refractivity (Wildman–Crippen MR) is 393 cm³/mol. The molecule has 5 aromatic carbocycles. The van der Waals surface area contributed by atoms with Crippen molar-refractivity contribution in [2.75, 3.05) is 0 Å². The van der Waals surface area contributed by atoms with Gasteiger partial charge in [0.05, 0.1) is 0 Å². The zero-order chi connectivity index (χ0) is 77.0. The van der Waals surface area contributed by atoms with E-state index >= 15 is 0 Å². The van der Waals surface area contributed by atoms with Crippen LogP contribution < -0.4 is 45.9 Å². The molecule has 5 heterocycles. The minimum atomic E-state index is -0.187. The van der Waals surface area contributed by atoms with Gasteiger partial charge in [-0.1, -0.05) is 88.4 Å². The molecule has 0 radical (unpaired) electrons. The summed E-state index contributed by atoms with van der Waals surface area (Å²) in [6, 6.07) is 20.0. The van der Waals surface area contributed by atoms with Crippen molar-refractivity contribution in [1.82, 2.24) is 77.1 Å². The Bertz CT molecular complexity index is 3570. The third kappa shape index (κ3) is 67.9. The number of carbonyl (C=O) groups is 8. The molecule has 0 aliphatic carbocycles. The van der Waals surface area contributed by atoms with E-state index in [2.05, 4.69) is 146 Å². The van der Waals surface area contributed by atoms with Crippen LogP contribution >= 0.6 is 0 Å². The summed E-state index contributed by atoms with van der Waals surface area (Å²) >= 11 is 0. The number of aromatic nitrogens is 15. The Morgan fingerprint density at radius 2 is 0.349 bits per heavy atom. The number of benzene rings is 5. The fourth-order valence-electron chi connectivity index (χ4n) is 6.47. The quantitative estimate of drug-likeness (QED) is 0.138. The first-order chi connectivity index (χ1) is 45.8. The molecule has 618 valence electrons. The van der Waals surface area contributed by atoms with E-state index in [9.17, 15) is 58.8 Å². The van der Waals surface area contributed by atoms with E-state index in [4.69, 9.17) is 0 Å². The average Bonchev–Trinajstić information content (AvgIpc) is 1.81. The van der Waals surface area contributed by atoms with Gasteiger partial charge in [-0.25, -0.2) is 0 Å². The molecule has 0 spiro atoms. The number of rotatable bonds is 4. The van der Waals surface area contributed by atoms with Crippen molar-refractivity contribution in [3.05, 3.63) is 164 Å². The van der Waals surface area contributed by atoms with Crippen LogP contribution in [0.25, 0.3) is 55.2 Å². The molecular weight excluding hydrogens is 1640 g/mol. The summed E-state index contributed by atoms with van der Waals surface area (Å²) < 4.78 is 0. The number of allylic oxidation sites excluding steroid dienone is 8. The summed E-state index contributed by atoms with van der Waals surface area (Å²) in [7, 11) is 0. The number of aryl methyl sites for hydroxylation is 10. The van der Waals surface area contributed by atoms with Crippen LogP contribution in [0.1, 0.15) is 166 Å². The zero-order valence-corrected chi connectivity index (χ0v) is 70.7. The Kier molecular flexibility index (Phi) is 83.7. The Balaban J connectivity index is -0.0000000839. The molecule has 0 atom stereocenters. The van der Waals surface area contributed by atoms with Crippen molar-refractivity contribution < 1.29 is 169 Å². The molecule has 37 heteroatoms. The number of hydrogen-bond acceptors (Lipinski definition) is 22. The fraction of sp³-hybridized carbons (Fsp3) is 0.361. The fourth-order valence-corrected chi connectivity index (χ4v) is 6.47. The van der Waals surface area contributed by atoms with Crippen LogP contribution in [-0.4, -0.2) is 125 Å². The van der Waals surface area contributed by atoms with Crippen LogP contribution in [0.5, 0.6) is 0 Å². The predicted octanol–water partition coefficient (Wildman–Crippen LogP) is 3.62. The summed E-state index contributed by atoms with van der Waals surface area (Å²) in [6.45, 7) is 43.6. The maximum atomic E-state index is 9.98. The molecule has 0 unspecified atom stereocenters. The summed E-state index contributed by atoms with van der Waals surface area (Å²) in [5.41, 5.74) is 21.2. The Hall–Kier alpha value is -9.11. The van der Waals surface area contributed by atoms with Gasteiger partial charge in [-0.15, -0.1) is 23.0 Å². The number of ketones is 8. The van der Waals surface area contributed by atoms with Gasteiger partial charge in [0.2, 0.25) is 0 Å². The molecule has 0 saturated heterocycles. The van der Waals surface area contributed by atoms with Gasteiger partial charge < -0.3 is 118 Å². The van der Waals surface area contributed by atoms with Crippen LogP contribution in [-0.2, 0) is 121 Å². The molecule has 0 fully saturated rings. The summed E-state index contributed by atoms with van der Waals surface area (Å²) in [4.78, 5) is 77.7. The molecule has 0 bridgehead atoms. The van der Waals surface area contributed by atoms with Crippen molar-refractivity contribution in [3.63, 3.8) is 0 Å². The molecule has 10 rings (SSSR count). The van der Waals surface area contributed by atoms with Crippen LogP contribution in [0.2, 0.25) is 0 Å². The van der Waals surface area contributed by atoms with Crippen molar-refractivity contribution in [3.8, 4) is 0 Å². The summed E-state index contributed by atoms with van der Waals surface area (Å²) in [5, 5.41) is 96.4. The van der Waals surface area contributed by atoms with E-state index in [1.165, 1.54) is 166 Å². The molecule has 5 aromatic heterocycles. The minimum Gasteiger partial charge on any atom is -0.876 e. The first-order valence-corrected chi connectivity index (χ1v) is 30.3. The number of Topliss-reactive ketones (excluding diaryl/α,β-unsaturated/α-hetero) is 4. The van der Waals surface area contributed by atoms with Crippen LogP contribution in [0.3, 0.4) is 0 Å². The van der Waals surface area contributed by atoms with Gasteiger partial charge in [0.1, 0.15) is 23.1 Å². The van der Waals surface area contributed by atoms with Crippen molar-refractivity contribution in [1.29, 1.82) is 0 Å². The number of nitrogens with zero attached hydrogens (tertiary/aromatic N) is 15. The van der Waals surface area contributed by atoms with Gasteiger partial charge in [0.15, 0.2) is 23.1 Å². The van der Waals surface area contributed by atoms with Crippen LogP contribution in [0, 0.1) is 69.2 Å². The van der Waals surface area contributed by atoms with Gasteiger partial charge in [0, 0.05) is 16.5 Å². The molecule has 0 aliphatic heterocycles. The largest absolute Gasteiger partial charge is 2.00 e. The molecule has 109 heavy (non-hydrogen) atoms. The average molecular weight is 1740 g/mol. The standard InChI is InChI=1S/5C8H8N3.4C5H8O2.4C3H6O.5Ni.5H2O/c5*1-5-3-7-8(4-6(5)2)10-11-9-7;4*1-4(6)3-5(2)7;4*1-3(2)4;;;;;;;;;;/h5*3-4H,1-2H3;4*3,6H,1-2H3;4*1-2H3;;;;;;5*1H2/q5*-1;;;;;;;;;;4*+2;;;;;/p-4/b;;;;;4*4-3-;;;;;;;;;;;;;;. The molecule has 10 N–H and O–H groups in total. The minimum absolute atomic E-state index is 0. The topological polar surface area (TPSA) is 586 Å². The van der Waals surface area contributed by atoms with Gasteiger partial charge >= 0.3 is 66.0 Å². The summed E-state index contributed by atoms with van der Waals surface area (Å²) in [5.74, 6) is -0.833. The van der Waals surface area contributed by atoms with E-state index in [-0.39, 0.29) is 179 Å². The second-order valence-electron chi connectivity index (χ2n) is 22.7. The zero-order valence-electron chi connectivity index (χ0n) is 65.8. The van der Waals surface area contributed by atoms with E-state index in [1.807, 2.05) is 60.7 Å². The molecule has 0 saturated carbocycles. The SMILES string of the molecule is CC(=O)/C=C(/C)[O-].CC(=O)/C=C(/C)[O-].CC(=O)/C=C(/C)[O-].CC(=O)/C=C(/C)[O-].CC(C)=O.CC(C)=O.CC(C)=O.CC(C)=O.Cc1cc2nn[n-]c2cc1C.Cc1cc2nn[n-]c2cc1C.Cc1cc2nn[n-]c2cc1C.Cc1cc2nn[n-]c2cc1C.Cc1cc2nn[n-]c2cc1C.O.O.O.O.O.[Ni+2].[Ni+2].[Ni+2].[Ni+2].[Ni]. The van der Waals surface area contributed by atoms with Crippen molar-refractivity contribution in [2.24, 2.45) is 0 Å². The maximum Gasteiger partial charge on any atom is 2.00 e. The van der Waals surface area contributed by atoms with Gasteiger partial charge in [-0.2, -0.15) is 0 Å². The number of hydrogen-bond donors (Lipinski definition) is 0. The second kappa shape index (κ2) is 70.6. The van der Waals surface area contributed by atoms with Crippen molar-refractivity contribution in [2.45, 2.75) is 180 Å². The first-order valence-electron chi connectivity index (χ1n) is 30.3. The molecular formula is C72H102N15Ni5O17-. The number of carbonyl (C=O) groups excluding carboxylic acids is 8.